The fourth-order valence-corrected chi connectivity index (χ4v) is 3.64. The Hall–Kier alpha value is -3.12. The summed E-state index contributed by atoms with van der Waals surface area (Å²) in [6.45, 7) is 2.00. The standard InChI is InChI=1S/C21H19NO4S/c1-3-26-21(24)16-13-18(14-9-5-4-6-10-14)27-20(16)22-19(23)15-11-7-8-12-17(15)25-2/h4-13H,3H2,1-2H3,(H,22,23). The number of hydrogen-bond donors (Lipinski definition) is 1. The predicted molar refractivity (Wildman–Crippen MR) is 107 cm³/mol. The van der Waals surface area contributed by atoms with Gasteiger partial charge in [0.25, 0.3) is 5.91 Å². The smallest absolute Gasteiger partial charge is 0.341 e. The highest BCUT2D eigenvalue weighted by Crippen LogP contribution is 2.36. The van der Waals surface area contributed by atoms with E-state index in [-0.39, 0.29) is 12.5 Å². The van der Waals surface area contributed by atoms with Gasteiger partial charge in [-0.3, -0.25) is 4.79 Å². The number of para-hydroxylation sites is 1. The van der Waals surface area contributed by atoms with Crippen LogP contribution in [-0.4, -0.2) is 25.6 Å². The zero-order valence-corrected chi connectivity index (χ0v) is 15.8. The quantitative estimate of drug-likeness (QED) is 0.620. The lowest BCUT2D eigenvalue weighted by Crippen LogP contribution is -2.15. The molecule has 0 radical (unpaired) electrons. The summed E-state index contributed by atoms with van der Waals surface area (Å²) in [6.07, 6.45) is 0. The average Bonchev–Trinajstić information content (AvgIpc) is 3.12. The third-order valence-corrected chi connectivity index (χ3v) is 4.96. The minimum atomic E-state index is -0.466. The molecule has 27 heavy (non-hydrogen) atoms. The number of thiophene rings is 1. The normalized spacial score (nSPS) is 10.3. The molecule has 2 aromatic carbocycles. The second-order valence-electron chi connectivity index (χ2n) is 5.59. The van der Waals surface area contributed by atoms with E-state index in [0.717, 1.165) is 10.4 Å². The van der Waals surface area contributed by atoms with E-state index in [2.05, 4.69) is 5.32 Å². The molecule has 3 aromatic rings. The van der Waals surface area contributed by atoms with Crippen LogP contribution in [0, 0.1) is 0 Å². The van der Waals surface area contributed by atoms with Gasteiger partial charge < -0.3 is 14.8 Å². The molecule has 1 aromatic heterocycles. The molecule has 1 amide bonds. The monoisotopic (exact) mass is 381 g/mol. The van der Waals surface area contributed by atoms with Crippen LogP contribution < -0.4 is 10.1 Å². The molecule has 0 aliphatic heterocycles. The van der Waals surface area contributed by atoms with Gasteiger partial charge in [-0.15, -0.1) is 11.3 Å². The number of methoxy groups -OCH3 is 1. The highest BCUT2D eigenvalue weighted by atomic mass is 32.1. The molecule has 0 fully saturated rings. The van der Waals surface area contributed by atoms with Gasteiger partial charge >= 0.3 is 5.97 Å². The number of ether oxygens (including phenoxy) is 2. The maximum Gasteiger partial charge on any atom is 0.341 e. The molecular weight excluding hydrogens is 362 g/mol. The molecule has 1 heterocycles. The predicted octanol–water partition coefficient (Wildman–Crippen LogP) is 4.85. The Labute approximate surface area is 161 Å². The average molecular weight is 381 g/mol. The van der Waals surface area contributed by atoms with Gasteiger partial charge in [-0.1, -0.05) is 42.5 Å². The number of carbonyl (C=O) groups is 2. The molecule has 0 bridgehead atoms. The Balaban J connectivity index is 1.96. The summed E-state index contributed by atoms with van der Waals surface area (Å²) in [5, 5.41) is 3.28. The van der Waals surface area contributed by atoms with Gasteiger partial charge in [-0.05, 0) is 30.7 Å². The van der Waals surface area contributed by atoms with Crippen molar-refractivity contribution in [2.24, 2.45) is 0 Å². The Morgan fingerprint density at radius 3 is 2.41 bits per heavy atom. The van der Waals surface area contributed by atoms with Crippen LogP contribution in [0.2, 0.25) is 0 Å². The molecule has 0 aliphatic rings. The summed E-state index contributed by atoms with van der Waals surface area (Å²) in [4.78, 5) is 26.0. The van der Waals surface area contributed by atoms with Crippen LogP contribution in [0.5, 0.6) is 5.75 Å². The number of rotatable bonds is 6. The number of hydrogen-bond acceptors (Lipinski definition) is 5. The SMILES string of the molecule is CCOC(=O)c1cc(-c2ccccc2)sc1NC(=O)c1ccccc1OC. The van der Waals surface area contributed by atoms with E-state index in [9.17, 15) is 9.59 Å². The topological polar surface area (TPSA) is 64.6 Å². The lowest BCUT2D eigenvalue weighted by Gasteiger charge is -2.09. The Bertz CT molecular complexity index is 950. The Kier molecular flexibility index (Phi) is 5.88. The maximum absolute atomic E-state index is 12.7. The van der Waals surface area contributed by atoms with Crippen molar-refractivity contribution in [3.63, 3.8) is 0 Å². The maximum atomic E-state index is 12.7. The van der Waals surface area contributed by atoms with Crippen molar-refractivity contribution >= 4 is 28.2 Å². The van der Waals surface area contributed by atoms with Crippen molar-refractivity contribution in [2.75, 3.05) is 19.0 Å². The zero-order chi connectivity index (χ0) is 19.2. The third kappa shape index (κ3) is 4.17. The molecule has 138 valence electrons. The molecule has 6 heteroatoms. The summed E-state index contributed by atoms with van der Waals surface area (Å²) in [5.41, 5.74) is 1.69. The fourth-order valence-electron chi connectivity index (χ4n) is 2.59. The van der Waals surface area contributed by atoms with Gasteiger partial charge in [0.1, 0.15) is 10.8 Å². The van der Waals surface area contributed by atoms with E-state index in [4.69, 9.17) is 9.47 Å². The number of amides is 1. The van der Waals surface area contributed by atoms with Crippen LogP contribution in [0.3, 0.4) is 0 Å². The molecular formula is C21H19NO4S. The van der Waals surface area contributed by atoms with E-state index in [1.165, 1.54) is 18.4 Å². The van der Waals surface area contributed by atoms with Gasteiger partial charge in [0.15, 0.2) is 0 Å². The van der Waals surface area contributed by atoms with E-state index in [1.807, 2.05) is 30.3 Å². The molecule has 3 rings (SSSR count). The first-order valence-corrected chi connectivity index (χ1v) is 9.26. The number of esters is 1. The molecule has 0 atom stereocenters. The van der Waals surface area contributed by atoms with Crippen molar-refractivity contribution in [3.05, 3.63) is 71.8 Å². The second kappa shape index (κ2) is 8.51. The first-order valence-electron chi connectivity index (χ1n) is 8.44. The lowest BCUT2D eigenvalue weighted by molar-refractivity contribution is 0.0528. The lowest BCUT2D eigenvalue weighted by atomic mass is 10.1. The van der Waals surface area contributed by atoms with Crippen molar-refractivity contribution in [1.29, 1.82) is 0 Å². The zero-order valence-electron chi connectivity index (χ0n) is 15.0. The number of nitrogens with one attached hydrogen (secondary N) is 1. The summed E-state index contributed by atoms with van der Waals surface area (Å²) >= 11 is 1.33. The van der Waals surface area contributed by atoms with Crippen molar-refractivity contribution in [3.8, 4) is 16.2 Å². The van der Waals surface area contributed by atoms with Crippen LogP contribution in [0.25, 0.3) is 10.4 Å². The molecule has 0 aliphatic carbocycles. The van der Waals surface area contributed by atoms with Gasteiger partial charge in [0, 0.05) is 4.88 Å². The third-order valence-electron chi connectivity index (χ3n) is 3.86. The molecule has 0 unspecified atom stereocenters. The summed E-state index contributed by atoms with van der Waals surface area (Å²) in [7, 11) is 1.51. The molecule has 0 saturated carbocycles. The van der Waals surface area contributed by atoms with E-state index in [0.29, 0.717) is 21.9 Å². The fraction of sp³-hybridized carbons (Fsp3) is 0.143. The van der Waals surface area contributed by atoms with Gasteiger partial charge in [-0.2, -0.15) is 0 Å². The number of anilines is 1. The van der Waals surface area contributed by atoms with Crippen molar-refractivity contribution in [2.45, 2.75) is 6.92 Å². The summed E-state index contributed by atoms with van der Waals surface area (Å²) < 4.78 is 10.4. The number of benzene rings is 2. The van der Waals surface area contributed by atoms with Crippen molar-refractivity contribution in [1.82, 2.24) is 0 Å². The van der Waals surface area contributed by atoms with Gasteiger partial charge in [0.2, 0.25) is 0 Å². The van der Waals surface area contributed by atoms with Crippen LogP contribution in [0.1, 0.15) is 27.6 Å². The molecule has 5 nitrogen and oxygen atoms in total. The first kappa shape index (κ1) is 18.7. The Morgan fingerprint density at radius 1 is 1.00 bits per heavy atom. The van der Waals surface area contributed by atoms with E-state index >= 15 is 0 Å². The van der Waals surface area contributed by atoms with Crippen LogP contribution in [-0.2, 0) is 4.74 Å². The first-order chi connectivity index (χ1) is 13.1. The summed E-state index contributed by atoms with van der Waals surface area (Å²) in [6, 6.07) is 18.3. The molecule has 0 spiro atoms. The Morgan fingerprint density at radius 2 is 1.70 bits per heavy atom. The van der Waals surface area contributed by atoms with Crippen LogP contribution in [0.15, 0.2) is 60.7 Å². The van der Waals surface area contributed by atoms with Gasteiger partial charge in [0.05, 0.1) is 24.8 Å². The highest BCUT2D eigenvalue weighted by Gasteiger charge is 2.21. The van der Waals surface area contributed by atoms with E-state index < -0.39 is 5.97 Å². The van der Waals surface area contributed by atoms with Crippen LogP contribution >= 0.6 is 11.3 Å². The summed E-state index contributed by atoms with van der Waals surface area (Å²) in [5.74, 6) is -0.349. The highest BCUT2D eigenvalue weighted by molar-refractivity contribution is 7.20. The van der Waals surface area contributed by atoms with Crippen molar-refractivity contribution < 1.29 is 19.1 Å². The van der Waals surface area contributed by atoms with E-state index in [1.54, 1.807) is 37.3 Å². The van der Waals surface area contributed by atoms with Crippen LogP contribution in [0.4, 0.5) is 5.00 Å². The minimum absolute atomic E-state index is 0.259. The second-order valence-corrected chi connectivity index (χ2v) is 6.65. The number of carbonyl (C=O) groups excluding carboxylic acids is 2. The van der Waals surface area contributed by atoms with Gasteiger partial charge in [-0.25, -0.2) is 4.79 Å². The molecule has 0 saturated heterocycles. The largest absolute Gasteiger partial charge is 0.496 e. The molecule has 1 N–H and O–H groups in total. The minimum Gasteiger partial charge on any atom is -0.496 e.